The summed E-state index contributed by atoms with van der Waals surface area (Å²) >= 11 is 7.23. The Labute approximate surface area is 192 Å². The maximum atomic E-state index is 13.0. The number of nitrogens with one attached hydrogen (secondary N) is 1. The van der Waals surface area contributed by atoms with Crippen LogP contribution in [0.5, 0.6) is 0 Å². The van der Waals surface area contributed by atoms with E-state index < -0.39 is 0 Å². The Hall–Kier alpha value is -2.09. The molecule has 2 fully saturated rings. The Balaban J connectivity index is 1.45. The van der Waals surface area contributed by atoms with Gasteiger partial charge in [-0.3, -0.25) is 9.69 Å². The highest BCUT2D eigenvalue weighted by atomic mass is 35.5. The first-order valence-corrected chi connectivity index (χ1v) is 11.7. The van der Waals surface area contributed by atoms with Crippen LogP contribution in [0.1, 0.15) is 35.5 Å². The molecule has 2 aliphatic rings. The molecule has 0 saturated carbocycles. The summed E-state index contributed by atoms with van der Waals surface area (Å²) in [5, 5.41) is 3.11. The summed E-state index contributed by atoms with van der Waals surface area (Å²) in [4.78, 5) is 32.1. The van der Waals surface area contributed by atoms with Crippen molar-refractivity contribution in [1.82, 2.24) is 15.1 Å². The van der Waals surface area contributed by atoms with E-state index in [0.717, 1.165) is 18.7 Å². The molecule has 3 heterocycles. The normalized spacial score (nSPS) is 21.2. The third-order valence-electron chi connectivity index (χ3n) is 6.18. The molecule has 1 N–H and O–H groups in total. The second-order valence-electron chi connectivity index (χ2n) is 9.29. The molecule has 0 aliphatic carbocycles. The van der Waals surface area contributed by atoms with Gasteiger partial charge in [-0.1, -0.05) is 37.6 Å². The van der Waals surface area contributed by atoms with Crippen molar-refractivity contribution in [2.75, 3.05) is 38.6 Å². The van der Waals surface area contributed by atoms with Gasteiger partial charge in [-0.2, -0.15) is 0 Å². The van der Waals surface area contributed by atoms with E-state index in [-0.39, 0.29) is 29.4 Å². The molecule has 0 bridgehead atoms. The minimum Gasteiger partial charge on any atom is -0.346 e. The lowest BCUT2D eigenvalue weighted by molar-refractivity contribution is 0.0935. The van der Waals surface area contributed by atoms with Crippen LogP contribution in [0.3, 0.4) is 0 Å². The molecule has 8 heteroatoms. The number of amides is 3. The summed E-state index contributed by atoms with van der Waals surface area (Å²) in [5.41, 5.74) is 2.17. The molecule has 0 unspecified atom stereocenters. The first-order chi connectivity index (χ1) is 14.7. The van der Waals surface area contributed by atoms with E-state index in [2.05, 4.69) is 50.3 Å². The van der Waals surface area contributed by atoms with Crippen molar-refractivity contribution >= 4 is 40.6 Å². The van der Waals surface area contributed by atoms with E-state index in [9.17, 15) is 9.59 Å². The van der Waals surface area contributed by atoms with Gasteiger partial charge in [0.2, 0.25) is 0 Å². The minimum absolute atomic E-state index is 0.0150. The highest BCUT2D eigenvalue weighted by Crippen LogP contribution is 2.33. The second kappa shape index (κ2) is 8.45. The number of fused-ring (bicyclic) bond motifs is 1. The number of hydrogen-bond acceptors (Lipinski definition) is 4. The predicted molar refractivity (Wildman–Crippen MR) is 126 cm³/mol. The topological polar surface area (TPSA) is 55.9 Å². The molecule has 2 saturated heterocycles. The van der Waals surface area contributed by atoms with E-state index in [1.807, 2.05) is 21.9 Å². The lowest BCUT2D eigenvalue weighted by Crippen LogP contribution is -2.44. The Morgan fingerprint density at radius 1 is 1.23 bits per heavy atom. The molecule has 2 aliphatic heterocycles. The van der Waals surface area contributed by atoms with Crippen LogP contribution in [0.2, 0.25) is 4.34 Å². The maximum Gasteiger partial charge on any atom is 0.324 e. The van der Waals surface area contributed by atoms with E-state index in [0.29, 0.717) is 22.3 Å². The number of nitrogens with zero attached hydrogens (tertiary/aromatic N) is 3. The average Bonchev–Trinajstić information content (AvgIpc) is 3.39. The quantitative estimate of drug-likeness (QED) is 0.707. The monoisotopic (exact) mass is 460 g/mol. The van der Waals surface area contributed by atoms with Gasteiger partial charge >= 0.3 is 6.03 Å². The molecule has 31 heavy (non-hydrogen) atoms. The summed E-state index contributed by atoms with van der Waals surface area (Å²) in [6.07, 6.45) is 0.771. The van der Waals surface area contributed by atoms with Crippen molar-refractivity contribution in [3.8, 4) is 0 Å². The molecular weight excluding hydrogens is 432 g/mol. The molecule has 1 aromatic heterocycles. The molecule has 1 aromatic carbocycles. The van der Waals surface area contributed by atoms with Crippen molar-refractivity contribution in [3.05, 3.63) is 51.2 Å². The number of rotatable bonds is 6. The Morgan fingerprint density at radius 2 is 1.94 bits per heavy atom. The number of halogens is 1. The third kappa shape index (κ3) is 4.45. The Morgan fingerprint density at radius 3 is 2.55 bits per heavy atom. The first-order valence-electron chi connectivity index (χ1n) is 10.6. The van der Waals surface area contributed by atoms with Gasteiger partial charge in [0.05, 0.1) is 27.8 Å². The smallest absolute Gasteiger partial charge is 0.324 e. The lowest BCUT2D eigenvalue weighted by Gasteiger charge is -2.29. The van der Waals surface area contributed by atoms with Gasteiger partial charge in [-0.25, -0.2) is 4.79 Å². The van der Waals surface area contributed by atoms with Crippen LogP contribution in [0, 0.1) is 0 Å². The fourth-order valence-corrected chi connectivity index (χ4v) is 5.72. The zero-order chi connectivity index (χ0) is 22.3. The fraction of sp³-hybridized carbons (Fsp3) is 0.478. The first kappa shape index (κ1) is 22.1. The van der Waals surface area contributed by atoms with Crippen LogP contribution in [0.4, 0.5) is 10.5 Å². The van der Waals surface area contributed by atoms with Crippen LogP contribution < -0.4 is 10.2 Å². The van der Waals surface area contributed by atoms with Gasteiger partial charge in [0.15, 0.2) is 0 Å². The fourth-order valence-electron chi connectivity index (χ4n) is 4.77. The highest BCUT2D eigenvalue weighted by molar-refractivity contribution is 7.18. The molecule has 4 rings (SSSR count). The molecule has 2 atom stereocenters. The van der Waals surface area contributed by atoms with Gasteiger partial charge in [0, 0.05) is 24.2 Å². The van der Waals surface area contributed by atoms with Crippen LogP contribution >= 0.6 is 22.9 Å². The largest absolute Gasteiger partial charge is 0.346 e. The summed E-state index contributed by atoms with van der Waals surface area (Å²) in [7, 11) is 4.16. The predicted octanol–water partition coefficient (Wildman–Crippen LogP) is 4.05. The van der Waals surface area contributed by atoms with Gasteiger partial charge in [0.1, 0.15) is 0 Å². The minimum atomic E-state index is -0.123. The zero-order valence-electron chi connectivity index (χ0n) is 18.4. The molecule has 166 valence electrons. The SMILES string of the molecule is CN(C)CC(C)(C)c1ccc(N2C[C@@H]3[C@H](NC(=O)c4ccc(Cl)s4)CCN3C2=O)cc1. The maximum absolute atomic E-state index is 13.0. The van der Waals surface area contributed by atoms with Gasteiger partial charge in [0.25, 0.3) is 5.91 Å². The molecule has 6 nitrogen and oxygen atoms in total. The summed E-state index contributed by atoms with van der Waals surface area (Å²) in [6, 6.07) is 11.7. The summed E-state index contributed by atoms with van der Waals surface area (Å²) in [6.45, 7) is 6.64. The van der Waals surface area contributed by atoms with Crippen molar-refractivity contribution in [2.45, 2.75) is 37.8 Å². The second-order valence-corrected chi connectivity index (χ2v) is 11.0. The van der Waals surface area contributed by atoms with Crippen LogP contribution in [0.15, 0.2) is 36.4 Å². The summed E-state index contributed by atoms with van der Waals surface area (Å²) in [5.74, 6) is -0.123. The number of urea groups is 1. The molecule has 2 aromatic rings. The lowest BCUT2D eigenvalue weighted by atomic mass is 9.84. The zero-order valence-corrected chi connectivity index (χ0v) is 20.0. The highest BCUT2D eigenvalue weighted by Gasteiger charge is 2.46. The van der Waals surface area contributed by atoms with Crippen molar-refractivity contribution in [1.29, 1.82) is 0 Å². The standard InChI is InChI=1S/C23H29ClN4O2S/c1-23(2,14-26(3)4)15-5-7-16(8-6-15)28-13-18-17(11-12-27(18)22(28)30)25-21(29)19-9-10-20(24)31-19/h5-10,17-18H,11-14H2,1-4H3,(H,25,29)/t17-,18-/m1/s1. The number of thiophene rings is 1. The Bertz CT molecular complexity index is 972. The third-order valence-corrected chi connectivity index (χ3v) is 7.41. The van der Waals surface area contributed by atoms with Crippen molar-refractivity contribution in [3.63, 3.8) is 0 Å². The van der Waals surface area contributed by atoms with Gasteiger partial charge < -0.3 is 15.1 Å². The van der Waals surface area contributed by atoms with Crippen LogP contribution in [0.25, 0.3) is 0 Å². The van der Waals surface area contributed by atoms with Crippen LogP contribution in [-0.2, 0) is 5.41 Å². The average molecular weight is 461 g/mol. The number of benzene rings is 1. The number of hydrogen-bond donors (Lipinski definition) is 1. The van der Waals surface area contributed by atoms with E-state index in [4.69, 9.17) is 11.6 Å². The number of likely N-dealkylation sites (N-methyl/N-ethyl adjacent to an activating group) is 1. The number of anilines is 1. The van der Waals surface area contributed by atoms with Gasteiger partial charge in [-0.05, 0) is 50.3 Å². The molecule has 0 spiro atoms. The molecule has 0 radical (unpaired) electrons. The Kier molecular flexibility index (Phi) is 6.03. The summed E-state index contributed by atoms with van der Waals surface area (Å²) < 4.78 is 0.595. The van der Waals surface area contributed by atoms with Crippen molar-refractivity contribution in [2.24, 2.45) is 0 Å². The molecule has 3 amide bonds. The van der Waals surface area contributed by atoms with Crippen molar-refractivity contribution < 1.29 is 9.59 Å². The van der Waals surface area contributed by atoms with E-state index >= 15 is 0 Å². The van der Waals surface area contributed by atoms with E-state index in [1.165, 1.54) is 16.9 Å². The number of carbonyl (C=O) groups excluding carboxylic acids is 2. The van der Waals surface area contributed by atoms with Crippen LogP contribution in [-0.4, -0.2) is 67.6 Å². The number of carbonyl (C=O) groups is 2. The van der Waals surface area contributed by atoms with Gasteiger partial charge in [-0.15, -0.1) is 11.3 Å². The molecular formula is C23H29ClN4O2S. The van der Waals surface area contributed by atoms with E-state index in [1.54, 1.807) is 12.1 Å².